The van der Waals surface area contributed by atoms with E-state index in [2.05, 4.69) is 20.7 Å². The first-order valence-electron chi connectivity index (χ1n) is 15.3. The molecule has 3 atom stereocenters. The van der Waals surface area contributed by atoms with E-state index in [4.69, 9.17) is 28.0 Å². The lowest BCUT2D eigenvalue weighted by Crippen LogP contribution is -2.54. The summed E-state index contributed by atoms with van der Waals surface area (Å²) in [6.07, 6.45) is -6.65. The average Bonchev–Trinajstić information content (AvgIpc) is 3.05. The van der Waals surface area contributed by atoms with Gasteiger partial charge in [0.1, 0.15) is 17.9 Å². The Balaban J connectivity index is 1.92. The Morgan fingerprint density at radius 1 is 0.800 bits per heavy atom. The highest BCUT2D eigenvalue weighted by Gasteiger charge is 2.42. The molecule has 3 aromatic rings. The monoisotopic (exact) mass is 698 g/mol. The Morgan fingerprint density at radius 3 is 2.04 bits per heavy atom. The Morgan fingerprint density at radius 2 is 1.44 bits per heavy atom. The number of amides is 3. The molecular weight excluding hydrogens is 661 g/mol. The molecule has 1 unspecified atom stereocenters. The van der Waals surface area contributed by atoms with Gasteiger partial charge in [-0.15, -0.1) is 0 Å². The van der Waals surface area contributed by atoms with Crippen LogP contribution in [0.1, 0.15) is 48.3 Å². The zero-order chi connectivity index (χ0) is 37.0. The number of hydrogen-bond acceptors (Lipinski definition) is 8. The number of rotatable bonds is 16. The van der Waals surface area contributed by atoms with Crippen LogP contribution in [0.15, 0.2) is 66.7 Å². The van der Waals surface area contributed by atoms with Crippen LogP contribution in [-0.4, -0.2) is 66.3 Å². The molecule has 14 nitrogen and oxygen atoms in total. The normalized spacial score (nSPS) is 12.9. The Bertz CT molecular complexity index is 1750. The quantitative estimate of drug-likeness (QED) is 0.0355. The summed E-state index contributed by atoms with van der Waals surface area (Å²) in [7, 11) is 0. The predicted molar refractivity (Wildman–Crippen MR) is 176 cm³/mol. The zero-order valence-electron chi connectivity index (χ0n) is 26.6. The molecule has 0 fully saturated rings. The van der Waals surface area contributed by atoms with Gasteiger partial charge in [-0.3, -0.25) is 30.0 Å². The fraction of sp³-hybridized carbons (Fsp3) is 0.303. The molecule has 266 valence electrons. The van der Waals surface area contributed by atoms with Gasteiger partial charge in [0.15, 0.2) is 5.96 Å². The molecule has 11 N–H and O–H groups in total. The number of amidine groups is 1. The Hall–Kier alpha value is -6.00. The van der Waals surface area contributed by atoms with E-state index >= 15 is 0 Å². The number of nitrogens with two attached hydrogens (primary N) is 3. The van der Waals surface area contributed by atoms with Crippen LogP contribution in [0.4, 0.5) is 13.2 Å². The summed E-state index contributed by atoms with van der Waals surface area (Å²) in [5.74, 6) is -8.42. The van der Waals surface area contributed by atoms with Crippen LogP contribution in [0, 0.1) is 10.8 Å². The Labute approximate surface area is 284 Å². The van der Waals surface area contributed by atoms with Crippen molar-refractivity contribution in [1.29, 1.82) is 10.8 Å². The van der Waals surface area contributed by atoms with Crippen LogP contribution < -0.4 is 33.2 Å². The molecule has 3 amide bonds. The number of esters is 2. The van der Waals surface area contributed by atoms with Gasteiger partial charge in [-0.25, -0.2) is 4.79 Å². The van der Waals surface area contributed by atoms with Crippen molar-refractivity contribution >= 4 is 52.2 Å². The van der Waals surface area contributed by atoms with Crippen molar-refractivity contribution in [2.75, 3.05) is 6.54 Å². The van der Waals surface area contributed by atoms with Crippen molar-refractivity contribution in [3.05, 3.63) is 83.4 Å². The van der Waals surface area contributed by atoms with E-state index in [1.165, 1.54) is 0 Å². The van der Waals surface area contributed by atoms with Gasteiger partial charge in [0.05, 0.1) is 5.92 Å². The third-order valence-electron chi connectivity index (χ3n) is 7.55. The smallest absolute Gasteiger partial charge is 0.386 e. The number of carbonyl (C=O) groups excluding carboxylic acids is 5. The van der Waals surface area contributed by atoms with Crippen LogP contribution in [0.3, 0.4) is 0 Å². The lowest BCUT2D eigenvalue weighted by molar-refractivity contribution is -0.201. The molecule has 0 saturated heterocycles. The van der Waals surface area contributed by atoms with Gasteiger partial charge in [-0.1, -0.05) is 66.7 Å². The third-order valence-corrected chi connectivity index (χ3v) is 7.55. The first-order chi connectivity index (χ1) is 23.5. The standard InChI is InChI=1S/C33H37F3N8O6/c34-33(35,36)31(49)50-26(45)14-13-25(30(48)43-24(28(39)46)6-3-15-42-32(40)41)44-29(47)23(16-18-7-9-20(10-8-18)27(37)38)22-12-11-19-4-1-2-5-21(19)17-22/h1-2,4-5,7-12,17,23-25H,3,6,13-16H2,(H3,37,38)(H2,39,46)(H,43,48)(H,44,47)(H4,40,41,42)/t23-,24?,25-/m0/s1. The fourth-order valence-corrected chi connectivity index (χ4v) is 4.95. The van der Waals surface area contributed by atoms with Gasteiger partial charge >= 0.3 is 18.1 Å². The molecular formula is C33H37F3N8O6. The van der Waals surface area contributed by atoms with E-state index in [1.807, 2.05) is 24.3 Å². The number of alkyl halides is 3. The highest BCUT2D eigenvalue weighted by Crippen LogP contribution is 2.26. The molecule has 3 rings (SSSR count). The molecule has 0 bridgehead atoms. The number of fused-ring (bicyclic) bond motifs is 1. The second kappa shape index (κ2) is 17.4. The SMILES string of the molecule is N=C(N)NCCCC(NC(=O)[C@H](CCC(=O)OC(=O)C(F)(F)F)NC(=O)[C@@H](Cc1ccc(C(=N)N)cc1)c1ccc2ccccc2c1)C(N)=O. The van der Waals surface area contributed by atoms with Crippen molar-refractivity contribution in [2.45, 2.75) is 56.3 Å². The largest absolute Gasteiger partial charge is 0.491 e. The number of halogens is 3. The van der Waals surface area contributed by atoms with Crippen molar-refractivity contribution in [3.63, 3.8) is 0 Å². The second-order valence-electron chi connectivity index (χ2n) is 11.3. The molecule has 0 heterocycles. The summed E-state index contributed by atoms with van der Waals surface area (Å²) in [5.41, 5.74) is 17.9. The van der Waals surface area contributed by atoms with E-state index in [0.29, 0.717) is 16.7 Å². The minimum absolute atomic E-state index is 0.0138. The number of nitrogen functional groups attached to an aromatic ring is 1. The average molecular weight is 699 g/mol. The van der Waals surface area contributed by atoms with Crippen LogP contribution in [0.5, 0.6) is 0 Å². The summed E-state index contributed by atoms with van der Waals surface area (Å²) in [5, 5.41) is 24.0. The van der Waals surface area contributed by atoms with Gasteiger partial charge in [-0.05, 0) is 47.6 Å². The third kappa shape index (κ3) is 11.6. The van der Waals surface area contributed by atoms with Gasteiger partial charge in [-0.2, -0.15) is 13.2 Å². The summed E-state index contributed by atoms with van der Waals surface area (Å²) in [4.78, 5) is 63.0. The number of hydrogen-bond donors (Lipinski definition) is 8. The van der Waals surface area contributed by atoms with Gasteiger partial charge in [0.25, 0.3) is 0 Å². The molecule has 0 radical (unpaired) electrons. The maximum absolute atomic E-state index is 14.0. The van der Waals surface area contributed by atoms with Gasteiger partial charge < -0.3 is 37.9 Å². The van der Waals surface area contributed by atoms with Crippen molar-refractivity contribution in [3.8, 4) is 0 Å². The zero-order valence-corrected chi connectivity index (χ0v) is 26.6. The number of primary amides is 1. The molecule has 50 heavy (non-hydrogen) atoms. The molecule has 0 aliphatic heterocycles. The minimum Gasteiger partial charge on any atom is -0.386 e. The first-order valence-corrected chi connectivity index (χ1v) is 15.3. The molecule has 0 aliphatic carbocycles. The maximum atomic E-state index is 14.0. The summed E-state index contributed by atoms with van der Waals surface area (Å²) in [6.45, 7) is 0.162. The molecule has 17 heteroatoms. The van der Waals surface area contributed by atoms with E-state index < -0.39 is 66.7 Å². The molecule has 0 saturated carbocycles. The van der Waals surface area contributed by atoms with Crippen molar-refractivity contribution in [2.24, 2.45) is 17.2 Å². The Kier molecular flexibility index (Phi) is 13.4. The summed E-state index contributed by atoms with van der Waals surface area (Å²) >= 11 is 0. The minimum atomic E-state index is -5.44. The lowest BCUT2D eigenvalue weighted by Gasteiger charge is -2.25. The highest BCUT2D eigenvalue weighted by atomic mass is 19.4. The number of ether oxygens (including phenoxy) is 1. The van der Waals surface area contributed by atoms with Crippen molar-refractivity contribution in [1.82, 2.24) is 16.0 Å². The maximum Gasteiger partial charge on any atom is 0.491 e. The molecule has 0 aliphatic rings. The summed E-state index contributed by atoms with van der Waals surface area (Å²) in [6, 6.07) is 16.4. The highest BCUT2D eigenvalue weighted by molar-refractivity contribution is 5.96. The van der Waals surface area contributed by atoms with Gasteiger partial charge in [0.2, 0.25) is 17.7 Å². The molecule has 0 aromatic heterocycles. The second-order valence-corrected chi connectivity index (χ2v) is 11.3. The number of guanidine groups is 1. The van der Waals surface area contributed by atoms with Crippen molar-refractivity contribution < 1.29 is 41.9 Å². The number of carbonyl (C=O) groups is 5. The van der Waals surface area contributed by atoms with Crippen LogP contribution in [0.25, 0.3) is 10.8 Å². The first kappa shape index (κ1) is 38.4. The van der Waals surface area contributed by atoms with E-state index in [0.717, 1.165) is 10.8 Å². The summed E-state index contributed by atoms with van der Waals surface area (Å²) < 4.78 is 41.8. The van der Waals surface area contributed by atoms with E-state index in [-0.39, 0.29) is 37.6 Å². The lowest BCUT2D eigenvalue weighted by atomic mass is 9.89. The number of nitrogens with one attached hydrogen (secondary N) is 5. The predicted octanol–water partition coefficient (Wildman–Crippen LogP) is 1.58. The fourth-order valence-electron chi connectivity index (χ4n) is 4.95. The van der Waals surface area contributed by atoms with Crippen LogP contribution in [-0.2, 0) is 35.1 Å². The molecule has 3 aromatic carbocycles. The van der Waals surface area contributed by atoms with Crippen LogP contribution >= 0.6 is 0 Å². The van der Waals surface area contributed by atoms with E-state index in [1.54, 1.807) is 42.5 Å². The van der Waals surface area contributed by atoms with Crippen LogP contribution in [0.2, 0.25) is 0 Å². The number of benzene rings is 3. The molecule has 0 spiro atoms. The van der Waals surface area contributed by atoms with E-state index in [9.17, 15) is 37.1 Å². The topological polar surface area (TPSA) is 256 Å². The van der Waals surface area contributed by atoms with Gasteiger partial charge in [0, 0.05) is 18.5 Å².